The number of benzene rings is 2. The summed E-state index contributed by atoms with van der Waals surface area (Å²) in [7, 11) is -3.72. The van der Waals surface area contributed by atoms with Crippen molar-refractivity contribution in [2.75, 3.05) is 19.6 Å². The molecule has 2 aromatic carbocycles. The summed E-state index contributed by atoms with van der Waals surface area (Å²) < 4.78 is 28.1. The van der Waals surface area contributed by atoms with Crippen molar-refractivity contribution >= 4 is 10.0 Å². The summed E-state index contributed by atoms with van der Waals surface area (Å²) in [5.74, 6) is 0. The number of rotatable bonds is 7. The van der Waals surface area contributed by atoms with Crippen molar-refractivity contribution in [2.45, 2.75) is 30.2 Å². The summed E-state index contributed by atoms with van der Waals surface area (Å²) in [4.78, 5) is 2.40. The fraction of sp³-hybridized carbons (Fsp3) is 0.350. The van der Waals surface area contributed by atoms with Crippen LogP contribution in [0.4, 0.5) is 0 Å². The highest BCUT2D eigenvalue weighted by Gasteiger charge is 2.25. The maximum Gasteiger partial charge on any atom is 0.241 e. The molecule has 136 valence electrons. The molecule has 26 heavy (non-hydrogen) atoms. The molecule has 1 fully saturated rings. The van der Waals surface area contributed by atoms with E-state index >= 15 is 0 Å². The van der Waals surface area contributed by atoms with Crippen LogP contribution in [0.5, 0.6) is 0 Å². The molecule has 1 N–H and O–H groups in total. The van der Waals surface area contributed by atoms with Crippen LogP contribution < -0.4 is 4.72 Å². The maximum absolute atomic E-state index is 12.7. The van der Waals surface area contributed by atoms with Crippen LogP contribution in [0, 0.1) is 11.3 Å². The first-order valence-electron chi connectivity index (χ1n) is 8.87. The van der Waals surface area contributed by atoms with E-state index in [1.807, 2.05) is 24.3 Å². The van der Waals surface area contributed by atoms with Gasteiger partial charge in [0.05, 0.1) is 10.5 Å². The van der Waals surface area contributed by atoms with Gasteiger partial charge >= 0.3 is 0 Å². The first-order chi connectivity index (χ1) is 12.6. The van der Waals surface area contributed by atoms with Gasteiger partial charge in [0.2, 0.25) is 10.0 Å². The van der Waals surface area contributed by atoms with E-state index in [-0.39, 0.29) is 16.5 Å². The molecule has 0 radical (unpaired) electrons. The molecule has 1 aliphatic rings. The standard InChI is InChI=1S/C20H23N3O2S/c21-15-18-10-4-5-11-20(18)26(24,25)22-16-19(23-12-6-7-13-23)14-17-8-2-1-3-9-17/h1-5,8-11,19,22H,6-7,12-14,16H2. The van der Waals surface area contributed by atoms with Crippen molar-refractivity contribution in [1.82, 2.24) is 9.62 Å². The van der Waals surface area contributed by atoms with Gasteiger partial charge < -0.3 is 0 Å². The van der Waals surface area contributed by atoms with Crippen LogP contribution in [0.2, 0.25) is 0 Å². The molecule has 3 rings (SSSR count). The Labute approximate surface area is 155 Å². The van der Waals surface area contributed by atoms with Crippen molar-refractivity contribution in [1.29, 1.82) is 5.26 Å². The number of nitrogens with one attached hydrogen (secondary N) is 1. The molecule has 0 spiro atoms. The highest BCUT2D eigenvalue weighted by Crippen LogP contribution is 2.18. The maximum atomic E-state index is 12.7. The minimum Gasteiger partial charge on any atom is -0.299 e. The van der Waals surface area contributed by atoms with Crippen LogP contribution in [-0.2, 0) is 16.4 Å². The average molecular weight is 369 g/mol. The second-order valence-corrected chi connectivity index (χ2v) is 8.28. The molecule has 0 aliphatic carbocycles. The molecule has 1 saturated heterocycles. The minimum atomic E-state index is -3.72. The van der Waals surface area contributed by atoms with Crippen LogP contribution in [0.25, 0.3) is 0 Å². The lowest BCUT2D eigenvalue weighted by atomic mass is 10.1. The quantitative estimate of drug-likeness (QED) is 0.814. The van der Waals surface area contributed by atoms with Crippen LogP contribution in [-0.4, -0.2) is 39.0 Å². The zero-order valence-corrected chi connectivity index (χ0v) is 15.5. The monoisotopic (exact) mass is 369 g/mol. The number of nitrogens with zero attached hydrogens (tertiary/aromatic N) is 2. The number of nitriles is 1. The highest BCUT2D eigenvalue weighted by atomic mass is 32.2. The molecule has 0 amide bonds. The normalized spacial score (nSPS) is 16.3. The second-order valence-electron chi connectivity index (χ2n) is 6.55. The zero-order valence-electron chi connectivity index (χ0n) is 14.6. The van der Waals surface area contributed by atoms with E-state index in [1.165, 1.54) is 17.7 Å². The number of sulfonamides is 1. The predicted octanol–water partition coefficient (Wildman–Crippen LogP) is 2.54. The fourth-order valence-corrected chi connectivity index (χ4v) is 4.63. The largest absolute Gasteiger partial charge is 0.299 e. The zero-order chi connectivity index (χ0) is 18.4. The van der Waals surface area contributed by atoms with Crippen molar-refractivity contribution in [3.8, 4) is 6.07 Å². The molecule has 0 saturated carbocycles. The Morgan fingerprint density at radius 1 is 1.04 bits per heavy atom. The van der Waals surface area contributed by atoms with Gasteiger partial charge in [0.25, 0.3) is 0 Å². The third-order valence-electron chi connectivity index (χ3n) is 4.78. The lowest BCUT2D eigenvalue weighted by molar-refractivity contribution is 0.241. The van der Waals surface area contributed by atoms with E-state index in [2.05, 4.69) is 21.8 Å². The Morgan fingerprint density at radius 2 is 1.69 bits per heavy atom. The third kappa shape index (κ3) is 4.50. The SMILES string of the molecule is N#Cc1ccccc1S(=O)(=O)NCC(Cc1ccccc1)N1CCCC1. The third-order valence-corrected chi connectivity index (χ3v) is 6.26. The topological polar surface area (TPSA) is 73.2 Å². The summed E-state index contributed by atoms with van der Waals surface area (Å²) in [5.41, 5.74) is 1.36. The summed E-state index contributed by atoms with van der Waals surface area (Å²) in [6.45, 7) is 2.32. The molecule has 1 unspecified atom stereocenters. The molecule has 0 aromatic heterocycles. The van der Waals surface area contributed by atoms with E-state index in [0.717, 1.165) is 32.4 Å². The summed E-state index contributed by atoms with van der Waals surface area (Å²) in [5, 5.41) is 9.18. The van der Waals surface area contributed by atoms with Crippen molar-refractivity contribution in [3.63, 3.8) is 0 Å². The van der Waals surface area contributed by atoms with Crippen molar-refractivity contribution in [2.24, 2.45) is 0 Å². The highest BCUT2D eigenvalue weighted by molar-refractivity contribution is 7.89. The van der Waals surface area contributed by atoms with Gasteiger partial charge in [-0.05, 0) is 50.0 Å². The number of hydrogen-bond donors (Lipinski definition) is 1. The van der Waals surface area contributed by atoms with Crippen LogP contribution >= 0.6 is 0 Å². The van der Waals surface area contributed by atoms with E-state index in [4.69, 9.17) is 0 Å². The molecule has 1 heterocycles. The molecular weight excluding hydrogens is 346 g/mol. The second kappa shape index (κ2) is 8.45. The van der Waals surface area contributed by atoms with E-state index < -0.39 is 10.0 Å². The van der Waals surface area contributed by atoms with Crippen molar-refractivity contribution < 1.29 is 8.42 Å². The van der Waals surface area contributed by atoms with Crippen molar-refractivity contribution in [3.05, 3.63) is 65.7 Å². The first kappa shape index (κ1) is 18.6. The Kier molecular flexibility index (Phi) is 6.04. The average Bonchev–Trinajstić information content (AvgIpc) is 3.20. The summed E-state index contributed by atoms with van der Waals surface area (Å²) in [6, 6.07) is 18.5. The minimum absolute atomic E-state index is 0.0439. The first-order valence-corrected chi connectivity index (χ1v) is 10.4. The fourth-order valence-electron chi connectivity index (χ4n) is 3.40. The molecule has 1 atom stereocenters. The Morgan fingerprint density at radius 3 is 2.38 bits per heavy atom. The Hall–Kier alpha value is -2.20. The van der Waals surface area contributed by atoms with Crippen LogP contribution in [0.1, 0.15) is 24.0 Å². The van der Waals surface area contributed by atoms with E-state index in [1.54, 1.807) is 12.1 Å². The summed E-state index contributed by atoms with van der Waals surface area (Å²) in [6.07, 6.45) is 3.09. The van der Waals surface area contributed by atoms with Gasteiger partial charge in [0.15, 0.2) is 0 Å². The Bertz CT molecular complexity index is 869. The lowest BCUT2D eigenvalue weighted by Crippen LogP contribution is -2.44. The van der Waals surface area contributed by atoms with Gasteiger partial charge in [0.1, 0.15) is 6.07 Å². The van der Waals surface area contributed by atoms with Gasteiger partial charge in [-0.3, -0.25) is 4.90 Å². The molecule has 2 aromatic rings. The van der Waals surface area contributed by atoms with E-state index in [9.17, 15) is 13.7 Å². The van der Waals surface area contributed by atoms with Crippen LogP contribution in [0.3, 0.4) is 0 Å². The van der Waals surface area contributed by atoms with Gasteiger partial charge in [-0.15, -0.1) is 0 Å². The van der Waals surface area contributed by atoms with E-state index in [0.29, 0.717) is 6.54 Å². The Balaban J connectivity index is 1.75. The number of hydrogen-bond acceptors (Lipinski definition) is 4. The lowest BCUT2D eigenvalue weighted by Gasteiger charge is -2.28. The molecular formula is C20H23N3O2S. The van der Waals surface area contributed by atoms with Gasteiger partial charge in [-0.2, -0.15) is 5.26 Å². The van der Waals surface area contributed by atoms with Gasteiger partial charge in [-0.1, -0.05) is 42.5 Å². The molecule has 6 heteroatoms. The van der Waals surface area contributed by atoms with Gasteiger partial charge in [0, 0.05) is 12.6 Å². The predicted molar refractivity (Wildman–Crippen MR) is 101 cm³/mol. The van der Waals surface area contributed by atoms with Crippen LogP contribution in [0.15, 0.2) is 59.5 Å². The number of likely N-dealkylation sites (tertiary alicyclic amines) is 1. The molecule has 0 bridgehead atoms. The smallest absolute Gasteiger partial charge is 0.241 e. The summed E-state index contributed by atoms with van der Waals surface area (Å²) >= 11 is 0. The molecule has 1 aliphatic heterocycles. The van der Waals surface area contributed by atoms with Gasteiger partial charge in [-0.25, -0.2) is 13.1 Å². The molecule has 5 nitrogen and oxygen atoms in total.